The van der Waals surface area contributed by atoms with Gasteiger partial charge in [-0.1, -0.05) is 11.6 Å². The topological polar surface area (TPSA) is 36.9 Å². The first-order chi connectivity index (χ1) is 9.72. The summed E-state index contributed by atoms with van der Waals surface area (Å²) in [4.78, 5) is 0. The van der Waals surface area contributed by atoms with Gasteiger partial charge in [-0.05, 0) is 17.7 Å². The maximum Gasteiger partial charge on any atom is 0.179 e. The van der Waals surface area contributed by atoms with Crippen molar-refractivity contribution in [1.82, 2.24) is 0 Å². The van der Waals surface area contributed by atoms with Crippen molar-refractivity contribution in [2.24, 2.45) is 0 Å². The lowest BCUT2D eigenvalue weighted by Crippen LogP contribution is -2.07. The third kappa shape index (κ3) is 5.75. The number of hydrogen-bond acceptors (Lipinski definition) is 4. The molecule has 20 heavy (non-hydrogen) atoms. The van der Waals surface area contributed by atoms with E-state index >= 15 is 0 Å². The Balaban J connectivity index is 2.43. The molecule has 0 N–H and O–H groups in total. The molecule has 1 aromatic rings. The van der Waals surface area contributed by atoms with E-state index in [-0.39, 0.29) is 0 Å². The fourth-order valence-corrected chi connectivity index (χ4v) is 2.01. The highest BCUT2D eigenvalue weighted by atomic mass is 35.5. The molecule has 0 amide bonds. The molecular formula is C14H20Cl2O4. The third-order valence-corrected chi connectivity index (χ3v) is 3.14. The predicted molar refractivity (Wildman–Crippen MR) is 80.4 cm³/mol. The van der Waals surface area contributed by atoms with Gasteiger partial charge in [0.25, 0.3) is 0 Å². The van der Waals surface area contributed by atoms with E-state index in [2.05, 4.69) is 0 Å². The monoisotopic (exact) mass is 322 g/mol. The summed E-state index contributed by atoms with van der Waals surface area (Å²) < 4.78 is 21.1. The molecule has 0 bridgehead atoms. The van der Waals surface area contributed by atoms with Crippen molar-refractivity contribution in [3.63, 3.8) is 0 Å². The Morgan fingerprint density at radius 2 is 1.85 bits per heavy atom. The van der Waals surface area contributed by atoms with Crippen LogP contribution < -0.4 is 9.47 Å². The lowest BCUT2D eigenvalue weighted by molar-refractivity contribution is 0.0643. The minimum Gasteiger partial charge on any atom is -0.493 e. The average molecular weight is 323 g/mol. The van der Waals surface area contributed by atoms with Crippen LogP contribution in [0.5, 0.6) is 11.5 Å². The maximum atomic E-state index is 6.16. The second-order valence-electron chi connectivity index (χ2n) is 4.05. The standard InChI is InChI=1S/C14H20Cl2O4/c1-17-6-7-19-4-3-5-20-14-12(16)8-11(10-15)9-13(14)18-2/h8-9H,3-7,10H2,1-2H3. The summed E-state index contributed by atoms with van der Waals surface area (Å²) in [7, 11) is 3.22. The van der Waals surface area contributed by atoms with Crippen LogP contribution in [0.1, 0.15) is 12.0 Å². The number of halogens is 2. The van der Waals surface area contributed by atoms with E-state index < -0.39 is 0 Å². The van der Waals surface area contributed by atoms with Crippen LogP contribution in [0.3, 0.4) is 0 Å². The maximum absolute atomic E-state index is 6.16. The molecule has 6 heteroatoms. The zero-order valence-electron chi connectivity index (χ0n) is 11.8. The first-order valence-electron chi connectivity index (χ1n) is 6.34. The highest BCUT2D eigenvalue weighted by Crippen LogP contribution is 2.36. The molecule has 0 aliphatic rings. The number of ether oxygens (including phenoxy) is 4. The van der Waals surface area contributed by atoms with E-state index in [1.54, 1.807) is 20.3 Å². The molecule has 114 valence electrons. The number of hydrogen-bond donors (Lipinski definition) is 0. The summed E-state index contributed by atoms with van der Waals surface area (Å²) in [5.74, 6) is 1.51. The fourth-order valence-electron chi connectivity index (χ4n) is 1.57. The molecule has 0 fully saturated rings. The van der Waals surface area contributed by atoms with Crippen molar-refractivity contribution in [3.05, 3.63) is 22.7 Å². The summed E-state index contributed by atoms with van der Waals surface area (Å²) in [6.07, 6.45) is 0.764. The molecule has 0 saturated heterocycles. The summed E-state index contributed by atoms with van der Waals surface area (Å²) in [5.41, 5.74) is 0.892. The van der Waals surface area contributed by atoms with Crippen molar-refractivity contribution in [2.75, 3.05) is 40.6 Å². The van der Waals surface area contributed by atoms with Crippen LogP contribution in [0, 0.1) is 0 Å². The van der Waals surface area contributed by atoms with Crippen molar-refractivity contribution in [2.45, 2.75) is 12.3 Å². The summed E-state index contributed by atoms with van der Waals surface area (Å²) in [5, 5.41) is 0.500. The number of benzene rings is 1. The van der Waals surface area contributed by atoms with Gasteiger partial charge in [0.2, 0.25) is 0 Å². The molecule has 0 aliphatic carbocycles. The lowest BCUT2D eigenvalue weighted by atomic mass is 10.2. The van der Waals surface area contributed by atoms with Gasteiger partial charge in [0.05, 0.1) is 32.0 Å². The molecule has 0 spiro atoms. The van der Waals surface area contributed by atoms with E-state index in [0.717, 1.165) is 12.0 Å². The van der Waals surface area contributed by atoms with Gasteiger partial charge in [0.1, 0.15) is 0 Å². The van der Waals surface area contributed by atoms with Crippen LogP contribution >= 0.6 is 23.2 Å². The van der Waals surface area contributed by atoms with Gasteiger partial charge in [-0.15, -0.1) is 11.6 Å². The van der Waals surface area contributed by atoms with Crippen molar-refractivity contribution in [1.29, 1.82) is 0 Å². The number of alkyl halides is 1. The third-order valence-electron chi connectivity index (χ3n) is 2.55. The quantitative estimate of drug-likeness (QED) is 0.488. The Kier molecular flexibility index (Phi) is 8.78. The molecule has 0 aliphatic heterocycles. The Hall–Kier alpha value is -0.680. The molecule has 0 aromatic heterocycles. The molecule has 0 unspecified atom stereocenters. The van der Waals surface area contributed by atoms with Crippen molar-refractivity contribution in [3.8, 4) is 11.5 Å². The van der Waals surface area contributed by atoms with Crippen LogP contribution in [-0.2, 0) is 15.4 Å². The van der Waals surface area contributed by atoms with Gasteiger partial charge in [-0.3, -0.25) is 0 Å². The normalized spacial score (nSPS) is 10.6. The molecule has 4 nitrogen and oxygen atoms in total. The van der Waals surface area contributed by atoms with Gasteiger partial charge < -0.3 is 18.9 Å². The molecule has 0 radical (unpaired) electrons. The van der Waals surface area contributed by atoms with Crippen LogP contribution in [-0.4, -0.2) is 40.6 Å². The highest BCUT2D eigenvalue weighted by Gasteiger charge is 2.11. The highest BCUT2D eigenvalue weighted by molar-refractivity contribution is 6.32. The molecule has 0 heterocycles. The van der Waals surface area contributed by atoms with Crippen LogP contribution in [0.4, 0.5) is 0 Å². The van der Waals surface area contributed by atoms with Crippen LogP contribution in [0.25, 0.3) is 0 Å². The molecular weight excluding hydrogens is 303 g/mol. The van der Waals surface area contributed by atoms with Crippen molar-refractivity contribution >= 4 is 23.2 Å². The van der Waals surface area contributed by atoms with E-state index in [4.69, 9.17) is 42.1 Å². The number of rotatable bonds is 10. The Morgan fingerprint density at radius 1 is 1.05 bits per heavy atom. The zero-order chi connectivity index (χ0) is 14.8. The molecule has 1 rings (SSSR count). The van der Waals surface area contributed by atoms with E-state index in [1.165, 1.54) is 0 Å². The zero-order valence-corrected chi connectivity index (χ0v) is 13.3. The smallest absolute Gasteiger partial charge is 0.179 e. The van der Waals surface area contributed by atoms with Gasteiger partial charge in [0, 0.05) is 26.0 Å². The summed E-state index contributed by atoms with van der Waals surface area (Å²) >= 11 is 11.9. The van der Waals surface area contributed by atoms with Crippen molar-refractivity contribution < 1.29 is 18.9 Å². The Bertz CT molecular complexity index is 399. The fraction of sp³-hybridized carbons (Fsp3) is 0.571. The second-order valence-corrected chi connectivity index (χ2v) is 4.72. The van der Waals surface area contributed by atoms with Gasteiger partial charge >= 0.3 is 0 Å². The first kappa shape index (κ1) is 17.4. The van der Waals surface area contributed by atoms with Gasteiger partial charge in [-0.25, -0.2) is 0 Å². The van der Waals surface area contributed by atoms with Crippen LogP contribution in [0.2, 0.25) is 5.02 Å². The van der Waals surface area contributed by atoms with E-state index in [0.29, 0.717) is 48.8 Å². The predicted octanol–water partition coefficient (Wildman–Crippen LogP) is 3.52. The van der Waals surface area contributed by atoms with E-state index in [9.17, 15) is 0 Å². The number of methoxy groups -OCH3 is 2. The SMILES string of the molecule is COCCOCCCOc1c(Cl)cc(CCl)cc1OC. The van der Waals surface area contributed by atoms with Crippen LogP contribution in [0.15, 0.2) is 12.1 Å². The largest absolute Gasteiger partial charge is 0.493 e. The molecule has 1 aromatic carbocycles. The minimum absolute atomic E-state index is 0.379. The Labute approximate surface area is 129 Å². The minimum atomic E-state index is 0.379. The summed E-state index contributed by atoms with van der Waals surface area (Å²) in [6.45, 7) is 2.30. The van der Waals surface area contributed by atoms with Gasteiger partial charge in [0.15, 0.2) is 11.5 Å². The lowest BCUT2D eigenvalue weighted by Gasteiger charge is -2.13. The average Bonchev–Trinajstić information content (AvgIpc) is 2.47. The Morgan fingerprint density at radius 3 is 2.50 bits per heavy atom. The van der Waals surface area contributed by atoms with E-state index in [1.807, 2.05) is 6.07 Å². The second kappa shape index (κ2) is 10.1. The summed E-state index contributed by atoms with van der Waals surface area (Å²) in [6, 6.07) is 3.60. The van der Waals surface area contributed by atoms with Gasteiger partial charge in [-0.2, -0.15) is 0 Å². The molecule has 0 saturated carbocycles. The first-order valence-corrected chi connectivity index (χ1v) is 7.26. The molecule has 0 atom stereocenters.